The summed E-state index contributed by atoms with van der Waals surface area (Å²) in [4.78, 5) is 30.6. The van der Waals surface area contributed by atoms with E-state index in [0.717, 1.165) is 94.9 Å². The zero-order chi connectivity index (χ0) is 78.0. The molecule has 0 amide bonds. The molecule has 23 aromatic rings. The quantitative estimate of drug-likeness (QED) is 0.114. The topological polar surface area (TPSA) is 97.1 Å². The number of fused-ring (bicyclic) bond motifs is 12. The third-order valence-electron chi connectivity index (χ3n) is 22.8. The van der Waals surface area contributed by atoms with Crippen LogP contribution in [-0.2, 0) is 0 Å². The lowest BCUT2D eigenvalue weighted by Crippen LogP contribution is -2.01. The number of nitrogens with zero attached hydrogens (tertiary/aromatic N) is 10. The predicted octanol–water partition coefficient (Wildman–Crippen LogP) is 27.1. The molecule has 0 saturated heterocycles. The SMILES string of the molecule is c1ccc(-c2ccc(-c3nc(-c4ccc(-c5ccccc5)cc4)nc(-c4cccc(-n5c6ccccc6c6cc(-n7c8ccccc8c8ccccc87)ccc65)c4)n3)cc2)cc1.c1ccc(-c2ccc(-c3nc(-c4ccccc4)nc(-c4cccc(-n5c6ccccc6c6cc(-n7c8ccccc8c8ccccc87)ccc65)c4)n3)cc2)cc1. The molecular formula is C108H70N10. The van der Waals surface area contributed by atoms with Gasteiger partial charge in [-0.1, -0.05) is 328 Å². The minimum absolute atomic E-state index is 0.612. The summed E-state index contributed by atoms with van der Waals surface area (Å²) in [5, 5.41) is 9.78. The predicted molar refractivity (Wildman–Crippen MR) is 486 cm³/mol. The van der Waals surface area contributed by atoms with E-state index in [9.17, 15) is 0 Å². The maximum atomic E-state index is 5.17. The van der Waals surface area contributed by atoms with Crippen molar-refractivity contribution in [2.75, 3.05) is 0 Å². The first-order valence-electron chi connectivity index (χ1n) is 39.8. The van der Waals surface area contributed by atoms with Crippen LogP contribution in [-0.4, -0.2) is 48.2 Å². The van der Waals surface area contributed by atoms with Crippen LogP contribution in [0, 0.1) is 0 Å². The van der Waals surface area contributed by atoms with Crippen LogP contribution in [0.1, 0.15) is 0 Å². The summed E-state index contributed by atoms with van der Waals surface area (Å²) in [7, 11) is 0. The van der Waals surface area contributed by atoms with E-state index in [1.165, 1.54) is 81.8 Å². The molecule has 552 valence electrons. The lowest BCUT2D eigenvalue weighted by Gasteiger charge is -2.12. The summed E-state index contributed by atoms with van der Waals surface area (Å²) in [6, 6.07) is 150. The Kier molecular flexibility index (Phi) is 17.0. The van der Waals surface area contributed by atoms with Crippen LogP contribution < -0.4 is 0 Å². The average Bonchev–Trinajstić information content (AvgIpc) is 1.57. The van der Waals surface area contributed by atoms with Gasteiger partial charge in [-0.3, -0.25) is 0 Å². The number of hydrogen-bond donors (Lipinski definition) is 0. The van der Waals surface area contributed by atoms with Crippen LogP contribution in [0.2, 0.25) is 0 Å². The Hall–Kier alpha value is -16.0. The number of hydrogen-bond acceptors (Lipinski definition) is 6. The molecule has 0 fully saturated rings. The number of para-hydroxylation sites is 6. The van der Waals surface area contributed by atoms with Crippen molar-refractivity contribution >= 4 is 87.2 Å². The van der Waals surface area contributed by atoms with Crippen molar-refractivity contribution in [3.05, 3.63) is 425 Å². The van der Waals surface area contributed by atoms with Crippen LogP contribution >= 0.6 is 0 Å². The largest absolute Gasteiger partial charge is 0.309 e. The van der Waals surface area contributed by atoms with E-state index in [1.54, 1.807) is 0 Å². The minimum atomic E-state index is 0.612. The van der Waals surface area contributed by atoms with E-state index >= 15 is 0 Å². The Morgan fingerprint density at radius 1 is 0.119 bits per heavy atom. The maximum absolute atomic E-state index is 5.17. The Labute approximate surface area is 680 Å². The van der Waals surface area contributed by atoms with Gasteiger partial charge in [0.2, 0.25) is 0 Å². The third-order valence-corrected chi connectivity index (χ3v) is 22.8. The van der Waals surface area contributed by atoms with Gasteiger partial charge in [-0.15, -0.1) is 0 Å². The van der Waals surface area contributed by atoms with E-state index in [2.05, 4.69) is 394 Å². The average molecular weight is 1510 g/mol. The van der Waals surface area contributed by atoms with Crippen molar-refractivity contribution in [2.24, 2.45) is 0 Å². The molecule has 0 bridgehead atoms. The second-order valence-corrected chi connectivity index (χ2v) is 29.8. The summed E-state index contributed by atoms with van der Waals surface area (Å²) in [6.45, 7) is 0. The zero-order valence-corrected chi connectivity index (χ0v) is 63.9. The molecule has 23 rings (SSSR count). The van der Waals surface area contributed by atoms with Gasteiger partial charge < -0.3 is 18.3 Å². The standard InChI is InChI=1S/C57H37N5.C51H33N5/c1-3-14-38(15-4-1)40-26-30-42(31-27-40)55-58-56(43-32-28-41(29-33-43)39-16-5-2-6-17-39)60-57(59-55)44-18-13-19-45(36-44)61-53-25-12-9-22-49(53)50-37-46(34-35-54(50)61)62-51-23-10-7-20-47(51)48-21-8-11-24-52(48)62;1-3-14-34(15-4-1)35-26-28-37(29-27-35)50-52-49(36-16-5-2-6-17-36)53-51(54-50)38-18-13-19-39(32-38)55-47-25-12-9-22-43(47)44-33-40(30-31-48(44)55)56-45-23-10-7-20-41(45)42-21-8-11-24-46(42)56/h1-37H;1-33H. The van der Waals surface area contributed by atoms with Crippen molar-refractivity contribution in [3.63, 3.8) is 0 Å². The Balaban J connectivity index is 0.000000143. The van der Waals surface area contributed by atoms with Gasteiger partial charge in [0.25, 0.3) is 0 Å². The van der Waals surface area contributed by atoms with Gasteiger partial charge in [-0.25, -0.2) is 29.9 Å². The first-order valence-corrected chi connectivity index (χ1v) is 39.8. The van der Waals surface area contributed by atoms with Crippen LogP contribution in [0.3, 0.4) is 0 Å². The smallest absolute Gasteiger partial charge is 0.164 e. The molecule has 0 aliphatic heterocycles. The number of rotatable bonds is 13. The van der Waals surface area contributed by atoms with Crippen molar-refractivity contribution < 1.29 is 0 Å². The molecule has 0 spiro atoms. The molecule has 6 heterocycles. The lowest BCUT2D eigenvalue weighted by atomic mass is 10.0. The van der Waals surface area contributed by atoms with E-state index in [-0.39, 0.29) is 0 Å². The first kappa shape index (κ1) is 68.7. The van der Waals surface area contributed by atoms with Gasteiger partial charge in [0.05, 0.1) is 44.1 Å². The van der Waals surface area contributed by atoms with Crippen molar-refractivity contribution in [3.8, 4) is 124 Å². The highest BCUT2D eigenvalue weighted by atomic mass is 15.1. The molecule has 0 unspecified atom stereocenters. The highest BCUT2D eigenvalue weighted by molar-refractivity contribution is 6.14. The van der Waals surface area contributed by atoms with Gasteiger partial charge in [-0.05, 0) is 130 Å². The molecule has 0 saturated carbocycles. The molecule has 0 radical (unpaired) electrons. The fraction of sp³-hybridized carbons (Fsp3) is 0. The normalized spacial score (nSPS) is 11.6. The summed E-state index contributed by atoms with van der Waals surface area (Å²) in [6.07, 6.45) is 0. The van der Waals surface area contributed by atoms with Gasteiger partial charge in [0.1, 0.15) is 0 Å². The van der Waals surface area contributed by atoms with Crippen molar-refractivity contribution in [2.45, 2.75) is 0 Å². The first-order chi connectivity index (χ1) is 58.5. The molecule has 10 nitrogen and oxygen atoms in total. The fourth-order valence-corrected chi connectivity index (χ4v) is 17.2. The molecule has 6 aromatic heterocycles. The summed E-state index contributed by atoms with van der Waals surface area (Å²) < 4.78 is 9.48. The van der Waals surface area contributed by atoms with Crippen LogP contribution in [0.5, 0.6) is 0 Å². The molecule has 118 heavy (non-hydrogen) atoms. The molecule has 0 aliphatic carbocycles. The highest BCUT2D eigenvalue weighted by Crippen LogP contribution is 2.42. The molecular weight excluding hydrogens is 1440 g/mol. The van der Waals surface area contributed by atoms with Crippen LogP contribution in [0.25, 0.3) is 212 Å². The number of aromatic nitrogens is 10. The second kappa shape index (κ2) is 29.2. The molecule has 0 N–H and O–H groups in total. The molecule has 0 aliphatic rings. The van der Waals surface area contributed by atoms with Crippen molar-refractivity contribution in [1.29, 1.82) is 0 Å². The summed E-state index contributed by atoms with van der Waals surface area (Å²) >= 11 is 0. The molecule has 17 aromatic carbocycles. The minimum Gasteiger partial charge on any atom is -0.309 e. The van der Waals surface area contributed by atoms with E-state index in [0.29, 0.717) is 34.9 Å². The van der Waals surface area contributed by atoms with Crippen molar-refractivity contribution in [1.82, 2.24) is 48.2 Å². The maximum Gasteiger partial charge on any atom is 0.164 e. The Morgan fingerprint density at radius 2 is 0.305 bits per heavy atom. The zero-order valence-electron chi connectivity index (χ0n) is 63.9. The Bertz CT molecular complexity index is 7550. The van der Waals surface area contributed by atoms with E-state index < -0.39 is 0 Å². The summed E-state index contributed by atoms with van der Waals surface area (Å²) in [5.74, 6) is 3.75. The van der Waals surface area contributed by atoms with Crippen LogP contribution in [0.4, 0.5) is 0 Å². The van der Waals surface area contributed by atoms with Gasteiger partial charge in [0.15, 0.2) is 34.9 Å². The second-order valence-electron chi connectivity index (χ2n) is 29.8. The van der Waals surface area contributed by atoms with E-state index in [4.69, 9.17) is 29.9 Å². The van der Waals surface area contributed by atoms with Crippen LogP contribution in [0.15, 0.2) is 425 Å². The van der Waals surface area contributed by atoms with Gasteiger partial charge in [0, 0.05) is 99.2 Å². The molecule has 0 atom stereocenters. The van der Waals surface area contributed by atoms with Gasteiger partial charge >= 0.3 is 0 Å². The lowest BCUT2D eigenvalue weighted by molar-refractivity contribution is 1.07. The highest BCUT2D eigenvalue weighted by Gasteiger charge is 2.23. The number of benzene rings is 17. The summed E-state index contributed by atoms with van der Waals surface area (Å²) in [5.41, 5.74) is 26.1. The van der Waals surface area contributed by atoms with E-state index in [1.807, 2.05) is 48.5 Å². The van der Waals surface area contributed by atoms with Gasteiger partial charge in [-0.2, -0.15) is 0 Å². The Morgan fingerprint density at radius 3 is 0.585 bits per heavy atom. The third kappa shape index (κ3) is 12.3. The fourth-order valence-electron chi connectivity index (χ4n) is 17.2. The molecule has 10 heteroatoms. The monoisotopic (exact) mass is 1510 g/mol.